The van der Waals surface area contributed by atoms with Crippen molar-refractivity contribution in [2.45, 2.75) is 45.4 Å². The van der Waals surface area contributed by atoms with Crippen molar-refractivity contribution >= 4 is 33.3 Å². The molecular weight excluding hydrogens is 322 g/mol. The third kappa shape index (κ3) is 2.77. The van der Waals surface area contributed by atoms with Gasteiger partial charge in [-0.1, -0.05) is 0 Å². The molecule has 0 N–H and O–H groups in total. The lowest BCUT2D eigenvalue weighted by Crippen LogP contribution is -2.40. The fourth-order valence-corrected chi connectivity index (χ4v) is 5.16. The molecule has 0 amide bonds. The number of thiophene rings is 1. The van der Waals surface area contributed by atoms with Gasteiger partial charge in [0.05, 0.1) is 17.9 Å². The fourth-order valence-electron chi connectivity index (χ4n) is 3.94. The maximum atomic E-state index is 12.1. The number of ether oxygens (including phenoxy) is 1. The maximum Gasteiger partial charge on any atom is 0.310 e. The molecule has 1 atom stereocenters. The quantitative estimate of drug-likeness (QED) is 0.799. The van der Waals surface area contributed by atoms with Crippen molar-refractivity contribution in [1.82, 2.24) is 9.97 Å². The predicted octanol–water partition coefficient (Wildman–Crippen LogP) is 3.35. The van der Waals surface area contributed by atoms with Crippen molar-refractivity contribution in [1.29, 1.82) is 0 Å². The number of anilines is 1. The van der Waals surface area contributed by atoms with E-state index in [2.05, 4.69) is 14.9 Å². The van der Waals surface area contributed by atoms with E-state index in [1.165, 1.54) is 35.1 Å². The first kappa shape index (κ1) is 15.8. The van der Waals surface area contributed by atoms with Crippen LogP contribution in [0.4, 0.5) is 5.82 Å². The maximum absolute atomic E-state index is 12.1. The predicted molar refractivity (Wildman–Crippen MR) is 95.6 cm³/mol. The van der Waals surface area contributed by atoms with Gasteiger partial charge < -0.3 is 9.64 Å². The summed E-state index contributed by atoms with van der Waals surface area (Å²) in [5, 5.41) is 1.24. The second-order valence-electron chi connectivity index (χ2n) is 6.63. The zero-order valence-corrected chi connectivity index (χ0v) is 14.9. The number of hydrogen-bond acceptors (Lipinski definition) is 6. The van der Waals surface area contributed by atoms with Gasteiger partial charge in [-0.3, -0.25) is 4.79 Å². The van der Waals surface area contributed by atoms with E-state index in [4.69, 9.17) is 4.74 Å². The molecule has 1 saturated heterocycles. The van der Waals surface area contributed by atoms with Gasteiger partial charge in [0, 0.05) is 18.0 Å². The number of esters is 1. The summed E-state index contributed by atoms with van der Waals surface area (Å²) < 4.78 is 5.23. The molecule has 6 heteroatoms. The lowest BCUT2D eigenvalue weighted by molar-refractivity contribution is -0.148. The van der Waals surface area contributed by atoms with Crippen molar-refractivity contribution in [3.05, 3.63) is 16.8 Å². The van der Waals surface area contributed by atoms with Crippen molar-refractivity contribution in [2.75, 3.05) is 24.6 Å². The van der Waals surface area contributed by atoms with Crippen LogP contribution in [0, 0.1) is 5.92 Å². The Bertz CT molecular complexity index is 758. The first-order valence-corrected chi connectivity index (χ1v) is 9.76. The summed E-state index contributed by atoms with van der Waals surface area (Å²) in [4.78, 5) is 26.1. The number of fused-ring (bicyclic) bond motifs is 3. The Morgan fingerprint density at radius 3 is 3.08 bits per heavy atom. The second kappa shape index (κ2) is 6.67. The Labute approximate surface area is 146 Å². The highest BCUT2D eigenvalue weighted by Crippen LogP contribution is 2.40. The van der Waals surface area contributed by atoms with Crippen LogP contribution in [0.1, 0.15) is 43.0 Å². The average Bonchev–Trinajstić information content (AvgIpc) is 3.00. The minimum absolute atomic E-state index is 0.0434. The van der Waals surface area contributed by atoms with Crippen LogP contribution in [0.5, 0.6) is 0 Å². The standard InChI is InChI=1S/C18H23N3O2S/c1-2-23-18(22)12-6-5-9-21(10-12)16-15-13-7-3-4-8-14(13)24-17(15)20-11-19-16/h11-12H,2-10H2,1H3/t12-/m1/s1. The smallest absolute Gasteiger partial charge is 0.310 e. The summed E-state index contributed by atoms with van der Waals surface area (Å²) >= 11 is 1.82. The van der Waals surface area contributed by atoms with Crippen LogP contribution >= 0.6 is 11.3 Å². The van der Waals surface area contributed by atoms with Crippen LogP contribution < -0.4 is 4.90 Å². The van der Waals surface area contributed by atoms with Gasteiger partial charge in [-0.05, 0) is 51.0 Å². The molecule has 2 aromatic rings. The normalized spacial score (nSPS) is 20.9. The molecular formula is C18H23N3O2S. The van der Waals surface area contributed by atoms with Crippen molar-refractivity contribution in [3.8, 4) is 0 Å². The van der Waals surface area contributed by atoms with Gasteiger partial charge in [-0.2, -0.15) is 0 Å². The van der Waals surface area contributed by atoms with E-state index in [1.54, 1.807) is 6.33 Å². The molecule has 1 fully saturated rings. The topological polar surface area (TPSA) is 55.3 Å². The van der Waals surface area contributed by atoms with Crippen molar-refractivity contribution in [3.63, 3.8) is 0 Å². The van der Waals surface area contributed by atoms with E-state index in [1.807, 2.05) is 18.3 Å². The van der Waals surface area contributed by atoms with Crippen LogP contribution in [-0.2, 0) is 22.4 Å². The van der Waals surface area contributed by atoms with E-state index in [0.29, 0.717) is 13.2 Å². The Morgan fingerprint density at radius 1 is 1.33 bits per heavy atom. The van der Waals surface area contributed by atoms with E-state index < -0.39 is 0 Å². The number of carbonyl (C=O) groups excluding carboxylic acids is 1. The molecule has 0 radical (unpaired) electrons. The van der Waals surface area contributed by atoms with Gasteiger partial charge in [0.15, 0.2) is 0 Å². The highest BCUT2D eigenvalue weighted by atomic mass is 32.1. The lowest BCUT2D eigenvalue weighted by Gasteiger charge is -2.33. The van der Waals surface area contributed by atoms with Gasteiger partial charge >= 0.3 is 5.97 Å². The number of rotatable bonds is 3. The molecule has 0 unspecified atom stereocenters. The minimum Gasteiger partial charge on any atom is -0.466 e. The Kier molecular flexibility index (Phi) is 4.39. The molecule has 5 nitrogen and oxygen atoms in total. The number of hydrogen-bond donors (Lipinski definition) is 0. The summed E-state index contributed by atoms with van der Waals surface area (Å²) in [6.45, 7) is 3.97. The molecule has 24 heavy (non-hydrogen) atoms. The fraction of sp³-hybridized carbons (Fsp3) is 0.611. The molecule has 0 bridgehead atoms. The first-order chi connectivity index (χ1) is 11.8. The molecule has 4 rings (SSSR count). The van der Waals surface area contributed by atoms with Crippen LogP contribution in [0.15, 0.2) is 6.33 Å². The lowest BCUT2D eigenvalue weighted by atomic mass is 9.95. The molecule has 0 aromatic carbocycles. The first-order valence-electron chi connectivity index (χ1n) is 8.94. The zero-order valence-electron chi connectivity index (χ0n) is 14.1. The highest BCUT2D eigenvalue weighted by Gasteiger charge is 2.30. The largest absolute Gasteiger partial charge is 0.466 e. The third-order valence-electron chi connectivity index (χ3n) is 5.07. The Hall–Kier alpha value is -1.69. The van der Waals surface area contributed by atoms with Crippen molar-refractivity contribution < 1.29 is 9.53 Å². The van der Waals surface area contributed by atoms with Gasteiger partial charge in [-0.15, -0.1) is 11.3 Å². The number of piperidine rings is 1. The molecule has 0 saturated carbocycles. The molecule has 2 aromatic heterocycles. The summed E-state index contributed by atoms with van der Waals surface area (Å²) in [7, 11) is 0. The summed E-state index contributed by atoms with van der Waals surface area (Å²) in [6.07, 6.45) is 8.40. The SMILES string of the molecule is CCOC(=O)[C@@H]1CCCN(c2ncnc3sc4c(c23)CCCC4)C1. The second-order valence-corrected chi connectivity index (χ2v) is 7.71. The van der Waals surface area contributed by atoms with Crippen LogP contribution in [-0.4, -0.2) is 35.6 Å². The molecule has 2 aliphatic rings. The molecule has 128 valence electrons. The minimum atomic E-state index is -0.0696. The molecule has 0 spiro atoms. The molecule has 1 aliphatic heterocycles. The van der Waals surface area contributed by atoms with Crippen LogP contribution in [0.3, 0.4) is 0 Å². The van der Waals surface area contributed by atoms with Crippen LogP contribution in [0.2, 0.25) is 0 Å². The number of aromatic nitrogens is 2. The Balaban J connectivity index is 1.68. The molecule has 3 heterocycles. The third-order valence-corrected chi connectivity index (χ3v) is 6.27. The van der Waals surface area contributed by atoms with Gasteiger partial charge in [0.2, 0.25) is 0 Å². The van der Waals surface area contributed by atoms with Crippen LogP contribution in [0.25, 0.3) is 10.2 Å². The average molecular weight is 345 g/mol. The van der Waals surface area contributed by atoms with E-state index in [-0.39, 0.29) is 11.9 Å². The van der Waals surface area contributed by atoms with E-state index in [0.717, 1.165) is 36.5 Å². The zero-order chi connectivity index (χ0) is 16.5. The van der Waals surface area contributed by atoms with Gasteiger partial charge in [0.25, 0.3) is 0 Å². The Morgan fingerprint density at radius 2 is 2.21 bits per heavy atom. The monoisotopic (exact) mass is 345 g/mol. The number of carbonyl (C=O) groups is 1. The molecule has 1 aliphatic carbocycles. The number of nitrogens with zero attached hydrogens (tertiary/aromatic N) is 3. The van der Waals surface area contributed by atoms with Gasteiger partial charge in [-0.25, -0.2) is 9.97 Å². The highest BCUT2D eigenvalue weighted by molar-refractivity contribution is 7.19. The van der Waals surface area contributed by atoms with E-state index in [9.17, 15) is 4.79 Å². The summed E-state index contributed by atoms with van der Waals surface area (Å²) in [5.74, 6) is 0.909. The van der Waals surface area contributed by atoms with Crippen molar-refractivity contribution in [2.24, 2.45) is 5.92 Å². The summed E-state index contributed by atoms with van der Waals surface area (Å²) in [5.41, 5.74) is 1.45. The van der Waals surface area contributed by atoms with Gasteiger partial charge in [0.1, 0.15) is 17.0 Å². The van der Waals surface area contributed by atoms with E-state index >= 15 is 0 Å². The number of aryl methyl sites for hydroxylation is 2. The summed E-state index contributed by atoms with van der Waals surface area (Å²) in [6, 6.07) is 0.